The van der Waals surface area contributed by atoms with E-state index in [1.807, 2.05) is 20.8 Å². The van der Waals surface area contributed by atoms with E-state index in [9.17, 15) is 13.2 Å². The maximum Gasteiger partial charge on any atom is 0.411 e. The standard InChI is InChI=1S/C9H17F3N2O/c1-8(2,3)7(13)14-4-5-15-6-9(10,11)12/h4-6H2,1-3H3,(H2,13,14). The largest absolute Gasteiger partial charge is 0.411 e. The molecule has 0 aliphatic rings. The Bertz CT molecular complexity index is 218. The zero-order valence-corrected chi connectivity index (χ0v) is 9.19. The number of nitrogens with zero attached hydrogens (tertiary/aromatic N) is 1. The Morgan fingerprint density at radius 1 is 1.27 bits per heavy atom. The molecular formula is C9H17F3N2O. The fourth-order valence-corrected chi connectivity index (χ4v) is 0.656. The molecule has 0 rings (SSSR count). The topological polar surface area (TPSA) is 47.6 Å². The molecule has 0 bridgehead atoms. The second-order valence-electron chi connectivity index (χ2n) is 4.18. The van der Waals surface area contributed by atoms with Crippen molar-refractivity contribution in [3.8, 4) is 0 Å². The fourth-order valence-electron chi connectivity index (χ4n) is 0.656. The minimum absolute atomic E-state index is 0.0731. The molecule has 0 amide bonds. The van der Waals surface area contributed by atoms with Crippen molar-refractivity contribution >= 4 is 5.84 Å². The Balaban J connectivity index is 3.72. The summed E-state index contributed by atoms with van der Waals surface area (Å²) in [6, 6.07) is 0. The highest BCUT2D eigenvalue weighted by Crippen LogP contribution is 2.14. The molecular weight excluding hydrogens is 209 g/mol. The fraction of sp³-hybridized carbons (Fsp3) is 0.889. The summed E-state index contributed by atoms with van der Waals surface area (Å²) in [5.74, 6) is 0.415. The molecule has 15 heavy (non-hydrogen) atoms. The number of nitrogens with two attached hydrogens (primary N) is 1. The van der Waals surface area contributed by atoms with Gasteiger partial charge in [0.05, 0.1) is 19.0 Å². The van der Waals surface area contributed by atoms with E-state index in [1.165, 1.54) is 0 Å². The van der Waals surface area contributed by atoms with Gasteiger partial charge in [0.15, 0.2) is 0 Å². The van der Waals surface area contributed by atoms with Crippen molar-refractivity contribution in [1.82, 2.24) is 0 Å². The zero-order chi connectivity index (χ0) is 12.1. The first-order valence-corrected chi connectivity index (χ1v) is 4.58. The maximum absolute atomic E-state index is 11.6. The Morgan fingerprint density at radius 3 is 2.20 bits per heavy atom. The van der Waals surface area contributed by atoms with E-state index in [0.717, 1.165) is 0 Å². The lowest BCUT2D eigenvalue weighted by molar-refractivity contribution is -0.173. The molecule has 0 unspecified atom stereocenters. The molecule has 0 aromatic rings. The lowest BCUT2D eigenvalue weighted by Crippen LogP contribution is -2.29. The van der Waals surface area contributed by atoms with Crippen LogP contribution >= 0.6 is 0 Å². The lowest BCUT2D eigenvalue weighted by Gasteiger charge is -2.17. The van der Waals surface area contributed by atoms with E-state index < -0.39 is 12.8 Å². The van der Waals surface area contributed by atoms with Crippen LogP contribution in [0.1, 0.15) is 20.8 Å². The average Bonchev–Trinajstić information content (AvgIpc) is 1.99. The van der Waals surface area contributed by atoms with Crippen molar-refractivity contribution in [1.29, 1.82) is 0 Å². The van der Waals surface area contributed by atoms with Crippen molar-refractivity contribution in [3.63, 3.8) is 0 Å². The van der Waals surface area contributed by atoms with Crippen LogP contribution in [-0.2, 0) is 4.74 Å². The number of ether oxygens (including phenoxy) is 1. The van der Waals surface area contributed by atoms with Crippen LogP contribution in [0, 0.1) is 5.41 Å². The molecule has 0 aliphatic heterocycles. The van der Waals surface area contributed by atoms with Gasteiger partial charge >= 0.3 is 6.18 Å². The molecule has 90 valence electrons. The second kappa shape index (κ2) is 5.34. The van der Waals surface area contributed by atoms with Gasteiger partial charge in [-0.15, -0.1) is 0 Å². The number of alkyl halides is 3. The molecule has 0 atom stereocenters. The zero-order valence-electron chi connectivity index (χ0n) is 9.19. The van der Waals surface area contributed by atoms with Gasteiger partial charge in [-0.1, -0.05) is 20.8 Å². The summed E-state index contributed by atoms with van der Waals surface area (Å²) < 4.78 is 39.3. The lowest BCUT2D eigenvalue weighted by atomic mass is 9.95. The average molecular weight is 226 g/mol. The first-order chi connectivity index (χ1) is 6.63. The van der Waals surface area contributed by atoms with Crippen LogP contribution in [0.5, 0.6) is 0 Å². The predicted octanol–water partition coefficient (Wildman–Crippen LogP) is 1.97. The molecule has 2 N–H and O–H groups in total. The first kappa shape index (κ1) is 14.2. The Hall–Kier alpha value is -0.780. The number of rotatable bonds is 4. The molecule has 0 saturated carbocycles. The van der Waals surface area contributed by atoms with Gasteiger partial charge in [-0.3, -0.25) is 4.99 Å². The molecule has 0 radical (unpaired) electrons. The smallest absolute Gasteiger partial charge is 0.387 e. The summed E-state index contributed by atoms with van der Waals surface area (Å²) in [5, 5.41) is 0. The van der Waals surface area contributed by atoms with Crippen molar-refractivity contribution in [3.05, 3.63) is 0 Å². The third-order valence-corrected chi connectivity index (χ3v) is 1.55. The van der Waals surface area contributed by atoms with E-state index >= 15 is 0 Å². The van der Waals surface area contributed by atoms with Gasteiger partial charge in [-0.2, -0.15) is 13.2 Å². The summed E-state index contributed by atoms with van der Waals surface area (Å²) in [6.07, 6.45) is -4.28. The van der Waals surface area contributed by atoms with Crippen molar-refractivity contribution < 1.29 is 17.9 Å². The molecule has 0 saturated heterocycles. The molecule has 0 aromatic carbocycles. The summed E-state index contributed by atoms with van der Waals surface area (Å²) >= 11 is 0. The monoisotopic (exact) mass is 226 g/mol. The summed E-state index contributed by atoms with van der Waals surface area (Å²) in [5.41, 5.74) is 5.33. The third kappa shape index (κ3) is 8.23. The summed E-state index contributed by atoms with van der Waals surface area (Å²) in [4.78, 5) is 3.92. The van der Waals surface area contributed by atoms with Crippen LogP contribution in [0.4, 0.5) is 13.2 Å². The number of hydrogen-bond donors (Lipinski definition) is 1. The predicted molar refractivity (Wildman–Crippen MR) is 52.8 cm³/mol. The van der Waals surface area contributed by atoms with E-state index in [1.54, 1.807) is 0 Å². The van der Waals surface area contributed by atoms with Crippen LogP contribution in [0.15, 0.2) is 4.99 Å². The van der Waals surface area contributed by atoms with Crippen LogP contribution in [0.2, 0.25) is 0 Å². The first-order valence-electron chi connectivity index (χ1n) is 4.58. The Labute approximate surface area is 87.5 Å². The van der Waals surface area contributed by atoms with Crippen molar-refractivity contribution in [2.45, 2.75) is 26.9 Å². The van der Waals surface area contributed by atoms with Crippen molar-refractivity contribution in [2.24, 2.45) is 16.1 Å². The van der Waals surface area contributed by atoms with Gasteiger partial charge in [0.1, 0.15) is 6.61 Å². The molecule has 0 aliphatic carbocycles. The molecule has 0 aromatic heterocycles. The van der Waals surface area contributed by atoms with Gasteiger partial charge in [0.25, 0.3) is 0 Å². The normalized spacial score (nSPS) is 14.4. The molecule has 0 fully saturated rings. The number of aliphatic imine (C=N–C) groups is 1. The van der Waals surface area contributed by atoms with Crippen molar-refractivity contribution in [2.75, 3.05) is 19.8 Å². The van der Waals surface area contributed by atoms with E-state index in [2.05, 4.69) is 9.73 Å². The van der Waals surface area contributed by atoms with E-state index in [0.29, 0.717) is 5.84 Å². The molecule has 0 heterocycles. The van der Waals surface area contributed by atoms with Gasteiger partial charge in [0.2, 0.25) is 0 Å². The SMILES string of the molecule is CC(C)(C)C(N)=NCCOCC(F)(F)F. The maximum atomic E-state index is 11.6. The highest BCUT2D eigenvalue weighted by atomic mass is 19.4. The Kier molecular flexibility index (Phi) is 5.07. The minimum atomic E-state index is -4.28. The third-order valence-electron chi connectivity index (χ3n) is 1.55. The number of hydrogen-bond acceptors (Lipinski definition) is 2. The number of halogens is 3. The van der Waals surface area contributed by atoms with Gasteiger partial charge < -0.3 is 10.5 Å². The molecule has 0 spiro atoms. The van der Waals surface area contributed by atoms with Crippen LogP contribution < -0.4 is 5.73 Å². The van der Waals surface area contributed by atoms with Crippen LogP contribution in [0.3, 0.4) is 0 Å². The van der Waals surface area contributed by atoms with Crippen LogP contribution in [-0.4, -0.2) is 31.8 Å². The van der Waals surface area contributed by atoms with Gasteiger partial charge in [-0.25, -0.2) is 0 Å². The molecule has 3 nitrogen and oxygen atoms in total. The summed E-state index contributed by atoms with van der Waals surface area (Å²) in [7, 11) is 0. The Morgan fingerprint density at radius 2 is 1.80 bits per heavy atom. The summed E-state index contributed by atoms with van der Waals surface area (Å²) in [6.45, 7) is 4.47. The van der Waals surface area contributed by atoms with Crippen LogP contribution in [0.25, 0.3) is 0 Å². The van der Waals surface area contributed by atoms with E-state index in [4.69, 9.17) is 5.73 Å². The van der Waals surface area contributed by atoms with Gasteiger partial charge in [-0.05, 0) is 0 Å². The highest BCUT2D eigenvalue weighted by Gasteiger charge is 2.27. The minimum Gasteiger partial charge on any atom is -0.387 e. The highest BCUT2D eigenvalue weighted by molar-refractivity contribution is 5.85. The second-order valence-corrected chi connectivity index (χ2v) is 4.18. The van der Waals surface area contributed by atoms with Gasteiger partial charge in [0, 0.05) is 5.41 Å². The van der Waals surface area contributed by atoms with E-state index in [-0.39, 0.29) is 18.6 Å². The molecule has 6 heteroatoms. The quantitative estimate of drug-likeness (QED) is 0.452. The number of amidine groups is 1.